The molecule has 8 heteroatoms. The topological polar surface area (TPSA) is 102 Å². The summed E-state index contributed by atoms with van der Waals surface area (Å²) in [7, 11) is 5.42. The molecular weight excluding hydrogens is 763 g/mol. The maximum Gasteiger partial charge on any atom is 0.306 e. The maximum atomic E-state index is 12.8. The lowest BCUT2D eigenvalue weighted by Crippen LogP contribution is -2.55. The first-order valence-electron chi connectivity index (χ1n) is 25.9. The first kappa shape index (κ1) is 58.8. The summed E-state index contributed by atoms with van der Waals surface area (Å²) in [5, 5.41) is 11.7. The number of hydrogen-bond acceptors (Lipinski definition) is 7. The van der Waals surface area contributed by atoms with Crippen LogP contribution in [0.2, 0.25) is 0 Å². The van der Waals surface area contributed by atoms with E-state index in [1.54, 1.807) is 21.1 Å². The number of carbonyl (C=O) groups excluding carboxylic acids is 3. The van der Waals surface area contributed by atoms with Gasteiger partial charge in [-0.25, -0.2) is 0 Å². The van der Waals surface area contributed by atoms with Crippen LogP contribution in [0.15, 0.2) is 24.3 Å². The average Bonchev–Trinajstić information content (AvgIpc) is 3.22. The third-order valence-electron chi connectivity index (χ3n) is 11.8. The molecule has 0 heterocycles. The minimum atomic E-state index is -1.12. The molecule has 0 aliphatic rings. The molecule has 61 heavy (non-hydrogen) atoms. The largest absolute Gasteiger partial charge is 0.544 e. The number of nitrogens with zero attached hydrogens (tertiary/aromatic N) is 1. The molecule has 0 saturated heterocycles. The molecule has 0 aliphatic heterocycles. The predicted octanol–water partition coefficient (Wildman–Crippen LogP) is 13.5. The fourth-order valence-electron chi connectivity index (χ4n) is 7.77. The summed E-state index contributed by atoms with van der Waals surface area (Å²) in [6.07, 6.45) is 50.6. The van der Waals surface area contributed by atoms with Crippen molar-refractivity contribution in [1.82, 2.24) is 0 Å². The molecule has 0 fully saturated rings. The van der Waals surface area contributed by atoms with Crippen LogP contribution in [0.4, 0.5) is 0 Å². The summed E-state index contributed by atoms with van der Waals surface area (Å²) < 4.78 is 17.2. The highest BCUT2D eigenvalue weighted by Crippen LogP contribution is 2.15. The highest BCUT2D eigenvalue weighted by molar-refractivity contribution is 5.70. The monoisotopic (exact) mass is 862 g/mol. The van der Waals surface area contributed by atoms with E-state index in [9.17, 15) is 19.5 Å². The van der Waals surface area contributed by atoms with Gasteiger partial charge >= 0.3 is 11.9 Å². The molecule has 0 bridgehead atoms. The van der Waals surface area contributed by atoms with E-state index in [0.717, 1.165) is 38.5 Å². The number of unbranched alkanes of at least 4 members (excludes halogenated alkanes) is 29. The van der Waals surface area contributed by atoms with Crippen molar-refractivity contribution in [2.45, 2.75) is 257 Å². The number of likely N-dealkylation sites (N-methyl/N-ethyl adjacent to an activating group) is 1. The van der Waals surface area contributed by atoms with Crippen molar-refractivity contribution < 1.29 is 38.2 Å². The van der Waals surface area contributed by atoms with E-state index in [1.165, 1.54) is 173 Å². The lowest BCUT2D eigenvalue weighted by atomic mass is 10.0. The molecule has 0 saturated carbocycles. The number of carbonyl (C=O) groups is 3. The maximum absolute atomic E-state index is 12.8. The summed E-state index contributed by atoms with van der Waals surface area (Å²) >= 11 is 0. The Labute approximate surface area is 377 Å². The van der Waals surface area contributed by atoms with Gasteiger partial charge in [0.15, 0.2) is 6.10 Å². The molecule has 0 amide bonds. The summed E-state index contributed by atoms with van der Waals surface area (Å²) in [5.41, 5.74) is 0. The molecule has 358 valence electrons. The highest BCUT2D eigenvalue weighted by Gasteiger charge is 2.25. The van der Waals surface area contributed by atoms with E-state index < -0.39 is 18.1 Å². The van der Waals surface area contributed by atoms with Gasteiger partial charge < -0.3 is 28.6 Å². The first-order chi connectivity index (χ1) is 29.6. The lowest BCUT2D eigenvalue weighted by molar-refractivity contribution is -0.889. The molecule has 0 aromatic rings. The van der Waals surface area contributed by atoms with Gasteiger partial charge in [-0.2, -0.15) is 0 Å². The summed E-state index contributed by atoms with van der Waals surface area (Å²) in [4.78, 5) is 37.0. The summed E-state index contributed by atoms with van der Waals surface area (Å²) in [6.45, 7) is 4.68. The van der Waals surface area contributed by atoms with Crippen LogP contribution in [-0.4, -0.2) is 75.5 Å². The van der Waals surface area contributed by atoms with Crippen LogP contribution in [-0.2, 0) is 28.6 Å². The fourth-order valence-corrected chi connectivity index (χ4v) is 7.77. The van der Waals surface area contributed by atoms with E-state index >= 15 is 0 Å². The van der Waals surface area contributed by atoms with Crippen LogP contribution < -0.4 is 5.11 Å². The molecule has 0 radical (unpaired) electrons. The standard InChI is InChI=1S/C53H99NO7/c1-6-8-10-12-14-16-18-20-22-23-24-25-26-27-28-30-31-33-35-37-39-41-43-51(55)60-48-49(47-59-46-45-50(53(57)58)54(3,4)5)61-52(56)44-42-40-38-36-34-32-29-21-19-17-15-13-11-9-7-2/h17,19,26-27,49-50H,6-16,18,20-25,28-48H2,1-5H3/b19-17+,27-26+. The molecule has 2 atom stereocenters. The Kier molecular flexibility index (Phi) is 42.8. The van der Waals surface area contributed by atoms with E-state index in [4.69, 9.17) is 14.2 Å². The lowest BCUT2D eigenvalue weighted by Gasteiger charge is -2.34. The van der Waals surface area contributed by atoms with Gasteiger partial charge in [0.1, 0.15) is 12.6 Å². The van der Waals surface area contributed by atoms with E-state index in [1.807, 2.05) is 0 Å². The van der Waals surface area contributed by atoms with Crippen molar-refractivity contribution in [3.05, 3.63) is 24.3 Å². The number of rotatable bonds is 47. The number of carboxylic acids is 1. The van der Waals surface area contributed by atoms with Gasteiger partial charge in [0, 0.05) is 19.3 Å². The van der Waals surface area contributed by atoms with Crippen LogP contribution in [0.1, 0.15) is 245 Å². The summed E-state index contributed by atoms with van der Waals surface area (Å²) in [6, 6.07) is -0.725. The van der Waals surface area contributed by atoms with Gasteiger partial charge in [0.05, 0.1) is 40.3 Å². The van der Waals surface area contributed by atoms with Gasteiger partial charge in [-0.05, 0) is 64.2 Å². The second-order valence-corrected chi connectivity index (χ2v) is 18.8. The molecule has 2 unspecified atom stereocenters. The molecule has 0 aromatic carbocycles. The Hall–Kier alpha value is -2.19. The minimum Gasteiger partial charge on any atom is -0.544 e. The Morgan fingerprint density at radius 3 is 1.20 bits per heavy atom. The van der Waals surface area contributed by atoms with Crippen molar-refractivity contribution in [3.63, 3.8) is 0 Å². The number of carboxylic acid groups (broad SMARTS) is 1. The number of quaternary nitrogens is 1. The zero-order valence-electron chi connectivity index (χ0n) is 40.8. The van der Waals surface area contributed by atoms with Gasteiger partial charge in [-0.15, -0.1) is 0 Å². The molecular formula is C53H99NO7. The average molecular weight is 862 g/mol. The zero-order chi connectivity index (χ0) is 44.9. The number of hydrogen-bond donors (Lipinski definition) is 0. The van der Waals surface area contributed by atoms with Gasteiger partial charge in [0.2, 0.25) is 0 Å². The summed E-state index contributed by atoms with van der Waals surface area (Å²) in [5.74, 6) is -1.73. The predicted molar refractivity (Wildman–Crippen MR) is 254 cm³/mol. The number of ether oxygens (including phenoxy) is 3. The van der Waals surface area contributed by atoms with E-state index in [2.05, 4.69) is 38.2 Å². The van der Waals surface area contributed by atoms with Crippen LogP contribution in [0, 0.1) is 0 Å². The van der Waals surface area contributed by atoms with Crippen LogP contribution in [0.25, 0.3) is 0 Å². The number of aliphatic carboxylic acids is 1. The smallest absolute Gasteiger partial charge is 0.306 e. The van der Waals surface area contributed by atoms with Gasteiger partial charge in [0.25, 0.3) is 0 Å². The highest BCUT2D eigenvalue weighted by atomic mass is 16.6. The Morgan fingerprint density at radius 1 is 0.475 bits per heavy atom. The van der Waals surface area contributed by atoms with Crippen molar-refractivity contribution in [1.29, 1.82) is 0 Å². The van der Waals surface area contributed by atoms with E-state index in [0.29, 0.717) is 12.8 Å². The van der Waals surface area contributed by atoms with Crippen LogP contribution in [0.5, 0.6) is 0 Å². The minimum absolute atomic E-state index is 0.0408. The molecule has 0 rings (SSSR count). The molecule has 0 spiro atoms. The zero-order valence-corrected chi connectivity index (χ0v) is 40.8. The second-order valence-electron chi connectivity index (χ2n) is 18.8. The molecule has 0 N–H and O–H groups in total. The Bertz CT molecular complexity index is 1050. The molecule has 8 nitrogen and oxygen atoms in total. The Balaban J connectivity index is 4.20. The van der Waals surface area contributed by atoms with Crippen molar-refractivity contribution in [2.75, 3.05) is 41.0 Å². The first-order valence-corrected chi connectivity index (χ1v) is 25.9. The normalized spacial score (nSPS) is 13.0. The number of allylic oxidation sites excluding steroid dienone is 4. The molecule has 0 aromatic heterocycles. The van der Waals surface area contributed by atoms with Crippen molar-refractivity contribution >= 4 is 17.9 Å². The van der Waals surface area contributed by atoms with Gasteiger partial charge in [-0.3, -0.25) is 9.59 Å². The fraction of sp³-hybridized carbons (Fsp3) is 0.868. The third kappa shape index (κ3) is 42.9. The second kappa shape index (κ2) is 44.4. The van der Waals surface area contributed by atoms with Gasteiger partial charge in [-0.1, -0.05) is 186 Å². The SMILES string of the molecule is CCCCCC/C=C/CCCCCCCCCC(=O)OC(COCCC(C(=O)[O-])[N+](C)(C)C)COC(=O)CCCCCCCCC/C=C/CCCCCCCCCCCCC. The number of esters is 2. The Morgan fingerprint density at radius 2 is 0.820 bits per heavy atom. The van der Waals surface area contributed by atoms with Crippen molar-refractivity contribution in [2.24, 2.45) is 0 Å². The third-order valence-corrected chi connectivity index (χ3v) is 11.8. The molecule has 0 aliphatic carbocycles. The van der Waals surface area contributed by atoms with Crippen LogP contribution in [0.3, 0.4) is 0 Å². The van der Waals surface area contributed by atoms with E-state index in [-0.39, 0.29) is 42.7 Å². The van der Waals surface area contributed by atoms with Crippen molar-refractivity contribution in [3.8, 4) is 0 Å². The quantitative estimate of drug-likeness (QED) is 0.0260. The van der Waals surface area contributed by atoms with Crippen LogP contribution >= 0.6 is 0 Å².